The average Bonchev–Trinajstić information content (AvgIpc) is 2.28. The zero-order valence-corrected chi connectivity index (χ0v) is 10.4. The van der Waals surface area contributed by atoms with E-state index in [1.807, 2.05) is 24.8 Å². The molecular formula is C14H19FN2. The summed E-state index contributed by atoms with van der Waals surface area (Å²) in [5.41, 5.74) is 7.21. The van der Waals surface area contributed by atoms with Crippen LogP contribution in [0.15, 0.2) is 18.2 Å². The van der Waals surface area contributed by atoms with Gasteiger partial charge in [-0.3, -0.25) is 0 Å². The van der Waals surface area contributed by atoms with Gasteiger partial charge in [-0.15, -0.1) is 6.42 Å². The molecule has 2 nitrogen and oxygen atoms in total. The molecule has 0 saturated carbocycles. The minimum atomic E-state index is -0.261. The lowest BCUT2D eigenvalue weighted by molar-refractivity contribution is 0.613. The second kappa shape index (κ2) is 6.27. The van der Waals surface area contributed by atoms with Crippen LogP contribution in [0.25, 0.3) is 0 Å². The largest absolute Gasteiger partial charge is 0.358 e. The third kappa shape index (κ3) is 3.21. The first kappa shape index (κ1) is 13.5. The van der Waals surface area contributed by atoms with Gasteiger partial charge in [0.15, 0.2) is 0 Å². The summed E-state index contributed by atoms with van der Waals surface area (Å²) in [7, 11) is 0. The van der Waals surface area contributed by atoms with E-state index in [4.69, 9.17) is 12.2 Å². The highest BCUT2D eigenvalue weighted by atomic mass is 19.1. The van der Waals surface area contributed by atoms with Gasteiger partial charge in [-0.25, -0.2) is 4.39 Å². The predicted octanol–water partition coefficient (Wildman–Crippen LogP) is 2.70. The van der Waals surface area contributed by atoms with Crippen LogP contribution < -0.4 is 10.6 Å². The van der Waals surface area contributed by atoms with Crippen molar-refractivity contribution >= 4 is 5.69 Å². The van der Waals surface area contributed by atoms with E-state index >= 15 is 0 Å². The Morgan fingerprint density at radius 2 is 2.24 bits per heavy atom. The first-order valence-corrected chi connectivity index (χ1v) is 5.84. The Balaban J connectivity index is 3.20. The van der Waals surface area contributed by atoms with Gasteiger partial charge < -0.3 is 10.6 Å². The molecular weight excluding hydrogens is 215 g/mol. The number of rotatable bonds is 5. The number of hydrogen-bond acceptors (Lipinski definition) is 2. The first-order valence-electron chi connectivity index (χ1n) is 5.84. The third-order valence-corrected chi connectivity index (χ3v) is 2.60. The van der Waals surface area contributed by atoms with Gasteiger partial charge in [0.25, 0.3) is 0 Å². The van der Waals surface area contributed by atoms with Crippen molar-refractivity contribution in [3.05, 3.63) is 29.6 Å². The molecule has 0 aliphatic rings. The van der Waals surface area contributed by atoms with Crippen LogP contribution in [0.4, 0.5) is 10.1 Å². The molecule has 0 aliphatic carbocycles. The normalized spacial score (nSPS) is 11.9. The number of para-hydroxylation sites is 1. The Hall–Kier alpha value is -1.53. The zero-order chi connectivity index (χ0) is 12.8. The van der Waals surface area contributed by atoms with Crippen LogP contribution >= 0.6 is 0 Å². The van der Waals surface area contributed by atoms with Crippen LogP contribution in [0, 0.1) is 18.2 Å². The SMILES string of the molecule is C#CCN(CCC)c1c(F)cccc1C(C)N. The van der Waals surface area contributed by atoms with Crippen molar-refractivity contribution in [2.45, 2.75) is 26.3 Å². The number of hydrogen-bond donors (Lipinski definition) is 1. The fourth-order valence-electron chi connectivity index (χ4n) is 1.88. The number of nitrogens with two attached hydrogens (primary N) is 1. The molecule has 0 fully saturated rings. The molecule has 1 atom stereocenters. The lowest BCUT2D eigenvalue weighted by Crippen LogP contribution is -2.27. The maximum Gasteiger partial charge on any atom is 0.146 e. The van der Waals surface area contributed by atoms with Gasteiger partial charge in [-0.1, -0.05) is 25.0 Å². The van der Waals surface area contributed by atoms with E-state index in [0.717, 1.165) is 18.5 Å². The van der Waals surface area contributed by atoms with Gasteiger partial charge in [0.1, 0.15) is 5.82 Å². The molecule has 0 saturated heterocycles. The molecule has 17 heavy (non-hydrogen) atoms. The van der Waals surface area contributed by atoms with Gasteiger partial charge in [0.05, 0.1) is 12.2 Å². The summed E-state index contributed by atoms with van der Waals surface area (Å²) < 4.78 is 13.9. The minimum Gasteiger partial charge on any atom is -0.358 e. The Labute approximate surface area is 103 Å². The van der Waals surface area contributed by atoms with E-state index in [2.05, 4.69) is 5.92 Å². The van der Waals surface area contributed by atoms with Crippen LogP contribution in [-0.4, -0.2) is 13.1 Å². The Morgan fingerprint density at radius 3 is 2.76 bits per heavy atom. The van der Waals surface area contributed by atoms with Gasteiger partial charge in [-0.2, -0.15) is 0 Å². The van der Waals surface area contributed by atoms with E-state index in [1.165, 1.54) is 6.07 Å². The Morgan fingerprint density at radius 1 is 1.53 bits per heavy atom. The Bertz CT molecular complexity index is 407. The highest BCUT2D eigenvalue weighted by Crippen LogP contribution is 2.28. The van der Waals surface area contributed by atoms with E-state index in [1.54, 1.807) is 6.07 Å². The molecule has 1 aromatic carbocycles. The molecule has 1 unspecified atom stereocenters. The van der Waals surface area contributed by atoms with Crippen LogP contribution in [0.1, 0.15) is 31.9 Å². The van der Waals surface area contributed by atoms with Crippen LogP contribution in [-0.2, 0) is 0 Å². The lowest BCUT2D eigenvalue weighted by Gasteiger charge is -2.26. The smallest absolute Gasteiger partial charge is 0.146 e. The minimum absolute atomic E-state index is 0.210. The van der Waals surface area contributed by atoms with E-state index in [0.29, 0.717) is 12.2 Å². The number of anilines is 1. The topological polar surface area (TPSA) is 29.3 Å². The average molecular weight is 234 g/mol. The number of nitrogens with zero attached hydrogens (tertiary/aromatic N) is 1. The quantitative estimate of drug-likeness (QED) is 0.794. The highest BCUT2D eigenvalue weighted by Gasteiger charge is 2.16. The molecule has 2 N–H and O–H groups in total. The molecule has 0 aromatic heterocycles. The summed E-state index contributed by atoms with van der Waals surface area (Å²) in [6, 6.07) is 4.76. The lowest BCUT2D eigenvalue weighted by atomic mass is 10.0. The van der Waals surface area contributed by atoms with Crippen molar-refractivity contribution in [1.29, 1.82) is 0 Å². The van der Waals surface area contributed by atoms with Crippen molar-refractivity contribution in [3.8, 4) is 12.3 Å². The van der Waals surface area contributed by atoms with Gasteiger partial charge in [0.2, 0.25) is 0 Å². The van der Waals surface area contributed by atoms with Crippen molar-refractivity contribution in [1.82, 2.24) is 0 Å². The summed E-state index contributed by atoms with van der Waals surface area (Å²) >= 11 is 0. The van der Waals surface area contributed by atoms with Crippen molar-refractivity contribution < 1.29 is 4.39 Å². The molecule has 1 rings (SSSR count). The van der Waals surface area contributed by atoms with Crippen LogP contribution in [0.5, 0.6) is 0 Å². The monoisotopic (exact) mass is 234 g/mol. The molecule has 0 radical (unpaired) electrons. The third-order valence-electron chi connectivity index (χ3n) is 2.60. The predicted molar refractivity (Wildman–Crippen MR) is 70.3 cm³/mol. The maximum atomic E-state index is 13.9. The fraction of sp³-hybridized carbons (Fsp3) is 0.429. The zero-order valence-electron chi connectivity index (χ0n) is 10.4. The van der Waals surface area contributed by atoms with E-state index < -0.39 is 0 Å². The first-order chi connectivity index (χ1) is 8.11. The molecule has 0 aliphatic heterocycles. The molecule has 1 aromatic rings. The van der Waals surface area contributed by atoms with Gasteiger partial charge >= 0.3 is 0 Å². The Kier molecular flexibility index (Phi) is 4.99. The fourth-order valence-corrected chi connectivity index (χ4v) is 1.88. The molecule has 0 heterocycles. The molecule has 0 amide bonds. The summed E-state index contributed by atoms with van der Waals surface area (Å²) in [5.74, 6) is 2.30. The van der Waals surface area contributed by atoms with Gasteiger partial charge in [0, 0.05) is 12.6 Å². The molecule has 92 valence electrons. The van der Waals surface area contributed by atoms with E-state index in [-0.39, 0.29) is 11.9 Å². The highest BCUT2D eigenvalue weighted by molar-refractivity contribution is 5.56. The number of halogens is 1. The van der Waals surface area contributed by atoms with Crippen LogP contribution in [0.3, 0.4) is 0 Å². The maximum absolute atomic E-state index is 13.9. The summed E-state index contributed by atoms with van der Waals surface area (Å²) in [6.07, 6.45) is 6.24. The van der Waals surface area contributed by atoms with Crippen LogP contribution in [0.2, 0.25) is 0 Å². The number of benzene rings is 1. The second-order valence-electron chi connectivity index (χ2n) is 4.09. The van der Waals surface area contributed by atoms with Gasteiger partial charge in [-0.05, 0) is 25.0 Å². The molecule has 0 bridgehead atoms. The standard InChI is InChI=1S/C14H19FN2/c1-4-9-17(10-5-2)14-12(11(3)16)7-6-8-13(14)15/h1,6-8,11H,5,9-10,16H2,2-3H3. The summed E-state index contributed by atoms with van der Waals surface area (Å²) in [5, 5.41) is 0. The molecule has 3 heteroatoms. The summed E-state index contributed by atoms with van der Waals surface area (Å²) in [6.45, 7) is 5.01. The second-order valence-corrected chi connectivity index (χ2v) is 4.09. The van der Waals surface area contributed by atoms with Crippen molar-refractivity contribution in [2.24, 2.45) is 5.73 Å². The number of terminal acetylenes is 1. The van der Waals surface area contributed by atoms with Crippen molar-refractivity contribution in [2.75, 3.05) is 18.0 Å². The van der Waals surface area contributed by atoms with Crippen molar-refractivity contribution in [3.63, 3.8) is 0 Å². The summed E-state index contributed by atoms with van der Waals surface area (Å²) in [4.78, 5) is 1.87. The van der Waals surface area contributed by atoms with E-state index in [9.17, 15) is 4.39 Å². The molecule has 0 spiro atoms.